The third kappa shape index (κ3) is 3.59. The zero-order valence-electron chi connectivity index (χ0n) is 12.7. The number of carbonyl (C=O) groups is 1. The van der Waals surface area contributed by atoms with E-state index in [1.807, 2.05) is 6.92 Å². The smallest absolute Gasteiger partial charge is 0.243 e. The van der Waals surface area contributed by atoms with E-state index in [-0.39, 0.29) is 4.90 Å². The van der Waals surface area contributed by atoms with E-state index >= 15 is 0 Å². The third-order valence-electron chi connectivity index (χ3n) is 3.69. The van der Waals surface area contributed by atoms with Gasteiger partial charge in [-0.05, 0) is 43.5 Å². The first-order chi connectivity index (χ1) is 10.5. The fraction of sp³-hybridized carbons (Fsp3) is 0.533. The molecule has 2 N–H and O–H groups in total. The molecule has 1 heterocycles. The van der Waals surface area contributed by atoms with Crippen LogP contribution in [0.2, 0.25) is 0 Å². The molecule has 1 saturated heterocycles. The average molecular weight is 326 g/mol. The molecule has 0 unspecified atom stereocenters. The van der Waals surface area contributed by atoms with Crippen molar-refractivity contribution in [2.24, 2.45) is 5.73 Å². The van der Waals surface area contributed by atoms with Gasteiger partial charge in [0.2, 0.25) is 15.9 Å². The summed E-state index contributed by atoms with van der Waals surface area (Å²) < 4.78 is 32.1. The summed E-state index contributed by atoms with van der Waals surface area (Å²) in [6.07, 6.45) is 2.91. The van der Waals surface area contributed by atoms with Crippen LogP contribution >= 0.6 is 0 Å². The first-order valence-corrected chi connectivity index (χ1v) is 8.95. The Kier molecular flexibility index (Phi) is 5.42. The van der Waals surface area contributed by atoms with Gasteiger partial charge in [-0.15, -0.1) is 0 Å². The molecule has 0 aliphatic carbocycles. The van der Waals surface area contributed by atoms with Gasteiger partial charge in [-0.1, -0.05) is 13.3 Å². The van der Waals surface area contributed by atoms with Gasteiger partial charge in [0.15, 0.2) is 0 Å². The predicted molar refractivity (Wildman–Crippen MR) is 83.0 cm³/mol. The number of nitrogens with two attached hydrogens (primary N) is 1. The Labute approximate surface area is 131 Å². The van der Waals surface area contributed by atoms with Gasteiger partial charge in [0.25, 0.3) is 0 Å². The van der Waals surface area contributed by atoms with Crippen LogP contribution in [-0.2, 0) is 14.8 Å². The molecule has 122 valence electrons. The van der Waals surface area contributed by atoms with E-state index in [0.29, 0.717) is 25.3 Å². The molecular formula is C15H22N2O4S. The summed E-state index contributed by atoms with van der Waals surface area (Å²) in [6.45, 7) is 2.91. The van der Waals surface area contributed by atoms with Gasteiger partial charge in [-0.25, -0.2) is 8.42 Å². The molecule has 1 amide bonds. The van der Waals surface area contributed by atoms with Gasteiger partial charge in [-0.2, -0.15) is 4.31 Å². The van der Waals surface area contributed by atoms with Crippen LogP contribution in [0.4, 0.5) is 0 Å². The van der Waals surface area contributed by atoms with Crippen LogP contribution in [0.15, 0.2) is 29.2 Å². The number of primary amides is 1. The van der Waals surface area contributed by atoms with Gasteiger partial charge in [-0.3, -0.25) is 4.79 Å². The van der Waals surface area contributed by atoms with Crippen molar-refractivity contribution in [3.05, 3.63) is 24.3 Å². The number of sulfonamides is 1. The topological polar surface area (TPSA) is 89.7 Å². The highest BCUT2D eigenvalue weighted by molar-refractivity contribution is 7.89. The van der Waals surface area contributed by atoms with Crippen molar-refractivity contribution in [2.75, 3.05) is 13.2 Å². The summed E-state index contributed by atoms with van der Waals surface area (Å²) in [6, 6.07) is 5.52. The monoisotopic (exact) mass is 326 g/mol. The van der Waals surface area contributed by atoms with Crippen molar-refractivity contribution < 1.29 is 17.9 Å². The molecule has 0 spiro atoms. The average Bonchev–Trinajstić information content (AvgIpc) is 2.53. The van der Waals surface area contributed by atoms with Crippen LogP contribution in [0, 0.1) is 0 Å². The summed E-state index contributed by atoms with van der Waals surface area (Å²) >= 11 is 0. The number of rotatable bonds is 6. The molecule has 2 rings (SSSR count). The lowest BCUT2D eigenvalue weighted by Crippen LogP contribution is -2.50. The molecule has 22 heavy (non-hydrogen) atoms. The van der Waals surface area contributed by atoms with Crippen molar-refractivity contribution in [2.45, 2.75) is 43.5 Å². The third-order valence-corrected chi connectivity index (χ3v) is 5.61. The minimum absolute atomic E-state index is 0.157. The second-order valence-electron chi connectivity index (χ2n) is 5.35. The summed E-state index contributed by atoms with van der Waals surface area (Å²) in [4.78, 5) is 11.7. The van der Waals surface area contributed by atoms with Gasteiger partial charge in [0.1, 0.15) is 11.8 Å². The minimum atomic E-state index is -3.72. The molecule has 1 aromatic carbocycles. The molecule has 0 bridgehead atoms. The molecule has 0 saturated carbocycles. The SMILES string of the molecule is CCCOc1ccc(S(=O)(=O)N2CCCC[C@H]2C(N)=O)cc1. The molecule has 6 nitrogen and oxygen atoms in total. The highest BCUT2D eigenvalue weighted by Crippen LogP contribution is 2.26. The lowest BCUT2D eigenvalue weighted by Gasteiger charge is -2.32. The quantitative estimate of drug-likeness (QED) is 0.858. The Balaban J connectivity index is 2.23. The second kappa shape index (κ2) is 7.11. The second-order valence-corrected chi connectivity index (χ2v) is 7.24. The van der Waals surface area contributed by atoms with Gasteiger partial charge < -0.3 is 10.5 Å². The minimum Gasteiger partial charge on any atom is -0.494 e. The molecule has 1 aliphatic heterocycles. The van der Waals surface area contributed by atoms with Gasteiger partial charge in [0, 0.05) is 6.54 Å². The highest BCUT2D eigenvalue weighted by atomic mass is 32.2. The van der Waals surface area contributed by atoms with Crippen molar-refractivity contribution in [1.82, 2.24) is 4.31 Å². The Morgan fingerprint density at radius 3 is 2.59 bits per heavy atom. The maximum absolute atomic E-state index is 12.7. The number of piperidine rings is 1. The maximum atomic E-state index is 12.7. The van der Waals surface area contributed by atoms with E-state index in [0.717, 1.165) is 19.3 Å². The first-order valence-electron chi connectivity index (χ1n) is 7.51. The standard InChI is InChI=1S/C15H22N2O4S/c1-2-11-21-12-6-8-13(9-7-12)22(19,20)17-10-4-3-5-14(17)15(16)18/h6-9,14H,2-5,10-11H2,1H3,(H2,16,18)/t14-/m0/s1. The Bertz CT molecular complexity index is 613. The summed E-state index contributed by atoms with van der Waals surface area (Å²) in [7, 11) is -3.72. The lowest BCUT2D eigenvalue weighted by atomic mass is 10.0. The van der Waals surface area contributed by atoms with Crippen LogP contribution in [-0.4, -0.2) is 37.8 Å². The van der Waals surface area contributed by atoms with Crippen LogP contribution in [0.25, 0.3) is 0 Å². The maximum Gasteiger partial charge on any atom is 0.243 e. The largest absolute Gasteiger partial charge is 0.494 e. The number of carbonyl (C=O) groups excluding carboxylic acids is 1. The molecule has 1 fully saturated rings. The van der Waals surface area contributed by atoms with E-state index in [2.05, 4.69) is 0 Å². The number of ether oxygens (including phenoxy) is 1. The van der Waals surface area contributed by atoms with Crippen molar-refractivity contribution in [3.8, 4) is 5.75 Å². The molecule has 1 aromatic rings. The van der Waals surface area contributed by atoms with E-state index < -0.39 is 22.0 Å². The summed E-state index contributed by atoms with van der Waals surface area (Å²) in [5.41, 5.74) is 5.35. The van der Waals surface area contributed by atoms with E-state index in [4.69, 9.17) is 10.5 Å². The van der Waals surface area contributed by atoms with Gasteiger partial charge in [0.05, 0.1) is 11.5 Å². The Morgan fingerprint density at radius 2 is 2.00 bits per heavy atom. The molecular weight excluding hydrogens is 304 g/mol. The molecule has 0 radical (unpaired) electrons. The zero-order valence-corrected chi connectivity index (χ0v) is 13.5. The normalized spacial score (nSPS) is 19.8. The fourth-order valence-electron chi connectivity index (χ4n) is 2.54. The van der Waals surface area contributed by atoms with Crippen LogP contribution in [0.5, 0.6) is 5.75 Å². The van der Waals surface area contributed by atoms with Crippen LogP contribution in [0.1, 0.15) is 32.6 Å². The van der Waals surface area contributed by atoms with E-state index in [9.17, 15) is 13.2 Å². The van der Waals surface area contributed by atoms with Crippen LogP contribution < -0.4 is 10.5 Å². The predicted octanol–water partition coefficient (Wildman–Crippen LogP) is 1.50. The number of nitrogens with zero attached hydrogens (tertiary/aromatic N) is 1. The number of benzene rings is 1. The summed E-state index contributed by atoms with van der Waals surface area (Å²) in [5.74, 6) is 0.0390. The van der Waals surface area contributed by atoms with Crippen molar-refractivity contribution in [1.29, 1.82) is 0 Å². The van der Waals surface area contributed by atoms with Crippen molar-refractivity contribution >= 4 is 15.9 Å². The zero-order chi connectivity index (χ0) is 16.2. The first kappa shape index (κ1) is 16.8. The van der Waals surface area contributed by atoms with Crippen LogP contribution in [0.3, 0.4) is 0 Å². The highest BCUT2D eigenvalue weighted by Gasteiger charge is 2.36. The fourth-order valence-corrected chi connectivity index (χ4v) is 4.20. The lowest BCUT2D eigenvalue weighted by molar-refractivity contribution is -0.122. The van der Waals surface area contributed by atoms with Crippen molar-refractivity contribution in [3.63, 3.8) is 0 Å². The number of amides is 1. The summed E-state index contributed by atoms with van der Waals surface area (Å²) in [5, 5.41) is 0. The number of hydrogen-bond acceptors (Lipinski definition) is 4. The van der Waals surface area contributed by atoms with E-state index in [1.54, 1.807) is 12.1 Å². The van der Waals surface area contributed by atoms with Gasteiger partial charge >= 0.3 is 0 Å². The molecule has 0 aromatic heterocycles. The molecule has 7 heteroatoms. The number of hydrogen-bond donors (Lipinski definition) is 1. The molecule has 1 aliphatic rings. The Hall–Kier alpha value is -1.60. The molecule has 1 atom stereocenters. The van der Waals surface area contributed by atoms with E-state index in [1.165, 1.54) is 16.4 Å². The Morgan fingerprint density at radius 1 is 1.32 bits per heavy atom.